The van der Waals surface area contributed by atoms with Gasteiger partial charge >= 0.3 is 0 Å². The first kappa shape index (κ1) is 15.6. The van der Waals surface area contributed by atoms with Crippen molar-refractivity contribution in [1.29, 1.82) is 0 Å². The van der Waals surface area contributed by atoms with Gasteiger partial charge in [0.25, 0.3) is 5.91 Å². The maximum Gasteiger partial charge on any atom is 0.281 e. The van der Waals surface area contributed by atoms with Gasteiger partial charge in [0.05, 0.1) is 25.3 Å². The van der Waals surface area contributed by atoms with Crippen LogP contribution in [-0.2, 0) is 12.8 Å². The minimum Gasteiger partial charge on any atom is -0.497 e. The lowest BCUT2D eigenvalue weighted by atomic mass is 10.2. The van der Waals surface area contributed by atoms with Crippen molar-refractivity contribution in [3.05, 3.63) is 45.1 Å². The number of carbonyl (C=O) groups excluding carboxylic acids is 1. The third kappa shape index (κ3) is 3.37. The summed E-state index contributed by atoms with van der Waals surface area (Å²) in [5.41, 5.74) is 4.64. The number of hydrazone groups is 1. The fourth-order valence-corrected chi connectivity index (χ4v) is 3.73. The Balaban J connectivity index is 1.67. The Kier molecular flexibility index (Phi) is 4.62. The molecule has 1 aromatic heterocycles. The number of fused-ring (bicyclic) bond motifs is 1. The standard InChI is InChI=1S/C17H18N2O3S/c1-21-13-7-6-12(14(9-13)22-2)10-18-19-17(20)16-8-11-4-3-5-15(11)23-16/h6-10H,3-5H2,1-2H3,(H,19,20)/b18-10-. The molecule has 0 bridgehead atoms. The van der Waals surface area contributed by atoms with Crippen molar-refractivity contribution >= 4 is 23.5 Å². The van der Waals surface area contributed by atoms with Gasteiger partial charge in [0.2, 0.25) is 0 Å². The predicted octanol–water partition coefficient (Wildman–Crippen LogP) is 3.02. The van der Waals surface area contributed by atoms with Gasteiger partial charge in [-0.25, -0.2) is 5.43 Å². The van der Waals surface area contributed by atoms with Crippen LogP contribution in [0.4, 0.5) is 0 Å². The Bertz CT molecular complexity index is 731. The molecule has 6 heteroatoms. The van der Waals surface area contributed by atoms with Crippen molar-refractivity contribution in [2.75, 3.05) is 14.2 Å². The summed E-state index contributed by atoms with van der Waals surface area (Å²) >= 11 is 1.56. The number of aryl methyl sites for hydroxylation is 2. The maximum absolute atomic E-state index is 12.1. The van der Waals surface area contributed by atoms with Crippen molar-refractivity contribution in [2.45, 2.75) is 19.3 Å². The van der Waals surface area contributed by atoms with Gasteiger partial charge in [0.1, 0.15) is 11.5 Å². The average Bonchev–Trinajstić information content (AvgIpc) is 3.16. The molecule has 0 spiro atoms. The summed E-state index contributed by atoms with van der Waals surface area (Å²) in [5, 5.41) is 4.03. The van der Waals surface area contributed by atoms with Gasteiger partial charge in [-0.3, -0.25) is 4.79 Å². The summed E-state index contributed by atoms with van der Waals surface area (Å²) in [4.78, 5) is 14.2. The highest BCUT2D eigenvalue weighted by atomic mass is 32.1. The second-order valence-electron chi connectivity index (χ2n) is 5.22. The number of ether oxygens (including phenoxy) is 2. The monoisotopic (exact) mass is 330 g/mol. The number of benzene rings is 1. The first-order chi connectivity index (χ1) is 11.2. The molecular weight excluding hydrogens is 312 g/mol. The third-order valence-corrected chi connectivity index (χ3v) is 5.02. The van der Waals surface area contributed by atoms with Gasteiger partial charge in [-0.1, -0.05) is 0 Å². The fourth-order valence-electron chi connectivity index (χ4n) is 2.58. The van der Waals surface area contributed by atoms with E-state index in [-0.39, 0.29) is 5.91 Å². The quantitative estimate of drug-likeness (QED) is 0.677. The van der Waals surface area contributed by atoms with Crippen LogP contribution in [0.2, 0.25) is 0 Å². The zero-order valence-electron chi connectivity index (χ0n) is 13.1. The Morgan fingerprint density at radius 2 is 2.13 bits per heavy atom. The molecule has 0 unspecified atom stereocenters. The van der Waals surface area contributed by atoms with Gasteiger partial charge in [-0.15, -0.1) is 11.3 Å². The highest BCUT2D eigenvalue weighted by Crippen LogP contribution is 2.30. The molecule has 0 radical (unpaired) electrons. The highest BCUT2D eigenvalue weighted by molar-refractivity contribution is 7.14. The summed E-state index contributed by atoms with van der Waals surface area (Å²) in [6.07, 6.45) is 4.92. The molecule has 0 fully saturated rings. The molecule has 3 rings (SSSR count). The van der Waals surface area contributed by atoms with Gasteiger partial charge in [0, 0.05) is 16.5 Å². The van der Waals surface area contributed by atoms with Gasteiger partial charge in [0.15, 0.2) is 0 Å². The van der Waals surface area contributed by atoms with E-state index in [0.29, 0.717) is 16.4 Å². The van der Waals surface area contributed by atoms with Crippen LogP contribution in [0.15, 0.2) is 29.4 Å². The van der Waals surface area contributed by atoms with E-state index in [9.17, 15) is 4.79 Å². The summed E-state index contributed by atoms with van der Waals surface area (Å²) in [6, 6.07) is 7.39. The molecule has 1 aliphatic rings. The Hall–Kier alpha value is -2.34. The Morgan fingerprint density at radius 1 is 1.26 bits per heavy atom. The molecule has 23 heavy (non-hydrogen) atoms. The van der Waals surface area contributed by atoms with E-state index in [2.05, 4.69) is 10.5 Å². The predicted molar refractivity (Wildman–Crippen MR) is 91.0 cm³/mol. The fraction of sp³-hybridized carbons (Fsp3) is 0.294. The zero-order chi connectivity index (χ0) is 16.2. The van der Waals surface area contributed by atoms with E-state index in [1.807, 2.05) is 18.2 Å². The smallest absolute Gasteiger partial charge is 0.281 e. The molecule has 1 amide bonds. The molecule has 0 atom stereocenters. The second kappa shape index (κ2) is 6.83. The number of hydrogen-bond acceptors (Lipinski definition) is 5. The second-order valence-corrected chi connectivity index (χ2v) is 6.36. The number of nitrogens with zero attached hydrogens (tertiary/aromatic N) is 1. The average molecular weight is 330 g/mol. The van der Waals surface area contributed by atoms with Crippen LogP contribution in [0.1, 0.15) is 32.1 Å². The van der Waals surface area contributed by atoms with Crippen LogP contribution in [0.3, 0.4) is 0 Å². The molecular formula is C17H18N2O3S. The van der Waals surface area contributed by atoms with Crippen LogP contribution in [0.25, 0.3) is 0 Å². The van der Waals surface area contributed by atoms with Gasteiger partial charge < -0.3 is 9.47 Å². The van der Waals surface area contributed by atoms with Crippen LogP contribution < -0.4 is 14.9 Å². The first-order valence-electron chi connectivity index (χ1n) is 7.38. The molecule has 1 heterocycles. The number of methoxy groups -OCH3 is 2. The van der Waals surface area contributed by atoms with Crippen LogP contribution >= 0.6 is 11.3 Å². The number of hydrogen-bond donors (Lipinski definition) is 1. The molecule has 2 aromatic rings. The van der Waals surface area contributed by atoms with E-state index in [4.69, 9.17) is 9.47 Å². The molecule has 1 aliphatic carbocycles. The maximum atomic E-state index is 12.1. The molecule has 120 valence electrons. The van der Waals surface area contributed by atoms with Crippen molar-refractivity contribution in [1.82, 2.24) is 5.43 Å². The molecule has 1 N–H and O–H groups in total. The highest BCUT2D eigenvalue weighted by Gasteiger charge is 2.18. The molecule has 1 aromatic carbocycles. The lowest BCUT2D eigenvalue weighted by Gasteiger charge is -2.06. The lowest BCUT2D eigenvalue weighted by Crippen LogP contribution is -2.16. The normalized spacial score (nSPS) is 13.1. The number of thiophene rings is 1. The van der Waals surface area contributed by atoms with E-state index < -0.39 is 0 Å². The third-order valence-electron chi connectivity index (χ3n) is 3.78. The van der Waals surface area contributed by atoms with E-state index in [1.54, 1.807) is 37.8 Å². The van der Waals surface area contributed by atoms with E-state index in [1.165, 1.54) is 16.9 Å². The molecule has 0 saturated heterocycles. The first-order valence-corrected chi connectivity index (χ1v) is 8.20. The molecule has 0 saturated carbocycles. The van der Waals surface area contributed by atoms with Gasteiger partial charge in [-0.05, 0) is 43.0 Å². The Labute approximate surface area is 138 Å². The zero-order valence-corrected chi connectivity index (χ0v) is 13.9. The van der Waals surface area contributed by atoms with Crippen LogP contribution in [-0.4, -0.2) is 26.3 Å². The SMILES string of the molecule is COc1ccc(/C=N\NC(=O)c2cc3c(s2)CCC3)c(OC)c1. The molecule has 5 nitrogen and oxygen atoms in total. The lowest BCUT2D eigenvalue weighted by molar-refractivity contribution is 0.0959. The summed E-state index contributed by atoms with van der Waals surface area (Å²) in [7, 11) is 3.18. The van der Waals surface area contributed by atoms with Gasteiger partial charge in [-0.2, -0.15) is 5.10 Å². The number of carbonyl (C=O) groups is 1. The number of amides is 1. The van der Waals surface area contributed by atoms with Crippen LogP contribution in [0, 0.1) is 0 Å². The van der Waals surface area contributed by atoms with Crippen molar-refractivity contribution in [3.8, 4) is 11.5 Å². The van der Waals surface area contributed by atoms with E-state index in [0.717, 1.165) is 18.4 Å². The molecule has 0 aliphatic heterocycles. The topological polar surface area (TPSA) is 59.9 Å². The van der Waals surface area contributed by atoms with Crippen molar-refractivity contribution in [2.24, 2.45) is 5.10 Å². The van der Waals surface area contributed by atoms with Crippen molar-refractivity contribution in [3.63, 3.8) is 0 Å². The van der Waals surface area contributed by atoms with Crippen LogP contribution in [0.5, 0.6) is 11.5 Å². The summed E-state index contributed by atoms with van der Waals surface area (Å²) < 4.78 is 10.4. The number of rotatable bonds is 5. The number of nitrogens with one attached hydrogen (secondary N) is 1. The minimum atomic E-state index is -0.173. The largest absolute Gasteiger partial charge is 0.497 e. The van der Waals surface area contributed by atoms with E-state index >= 15 is 0 Å². The Morgan fingerprint density at radius 3 is 2.87 bits per heavy atom. The summed E-state index contributed by atoms with van der Waals surface area (Å²) in [5.74, 6) is 1.17. The minimum absolute atomic E-state index is 0.173. The van der Waals surface area contributed by atoms with Crippen molar-refractivity contribution < 1.29 is 14.3 Å². The summed E-state index contributed by atoms with van der Waals surface area (Å²) in [6.45, 7) is 0.